The van der Waals surface area contributed by atoms with Crippen LogP contribution >= 0.6 is 0 Å². The summed E-state index contributed by atoms with van der Waals surface area (Å²) in [4.78, 5) is 25.6. The topological polar surface area (TPSA) is 77.6 Å². The molecule has 0 radical (unpaired) electrons. The van der Waals surface area contributed by atoms with Crippen molar-refractivity contribution in [1.29, 1.82) is 0 Å². The van der Waals surface area contributed by atoms with Gasteiger partial charge in [-0.1, -0.05) is 0 Å². The van der Waals surface area contributed by atoms with Gasteiger partial charge in [-0.25, -0.2) is 0 Å². The second-order valence-electron chi connectivity index (χ2n) is 4.80. The molecule has 1 aromatic heterocycles. The van der Waals surface area contributed by atoms with E-state index in [0.717, 1.165) is 6.42 Å². The lowest BCUT2D eigenvalue weighted by atomic mass is 10.3. The average molecular weight is 265 g/mol. The fourth-order valence-electron chi connectivity index (χ4n) is 2.14. The van der Waals surface area contributed by atoms with Crippen molar-refractivity contribution in [3.63, 3.8) is 0 Å². The molecule has 1 amide bonds. The third-order valence-electron chi connectivity index (χ3n) is 3.12. The van der Waals surface area contributed by atoms with E-state index < -0.39 is 0 Å². The van der Waals surface area contributed by atoms with Gasteiger partial charge in [0.2, 0.25) is 5.91 Å². The second-order valence-corrected chi connectivity index (χ2v) is 4.80. The number of hydrogen-bond acceptors (Lipinski definition) is 4. The molecular weight excluding hydrogens is 246 g/mol. The van der Waals surface area contributed by atoms with Gasteiger partial charge >= 0.3 is 0 Å². The molecule has 0 aliphatic carbocycles. The molecule has 0 spiro atoms. The molecule has 6 heteroatoms. The summed E-state index contributed by atoms with van der Waals surface area (Å²) >= 11 is 0. The van der Waals surface area contributed by atoms with Gasteiger partial charge in [0.25, 0.3) is 5.56 Å². The van der Waals surface area contributed by atoms with Crippen LogP contribution in [0.4, 0.5) is 5.69 Å². The molecule has 1 aliphatic heterocycles. The third-order valence-corrected chi connectivity index (χ3v) is 3.12. The first-order valence-corrected chi connectivity index (χ1v) is 6.41. The van der Waals surface area contributed by atoms with Crippen LogP contribution in [0.5, 0.6) is 0 Å². The molecule has 104 valence electrons. The number of anilines is 1. The van der Waals surface area contributed by atoms with Crippen LogP contribution in [0.2, 0.25) is 0 Å². The Kier molecular flexibility index (Phi) is 4.21. The van der Waals surface area contributed by atoms with Crippen molar-refractivity contribution in [2.75, 3.05) is 25.4 Å². The van der Waals surface area contributed by atoms with Crippen molar-refractivity contribution in [2.24, 2.45) is 0 Å². The molecular formula is C13H19N3O3. The molecule has 19 heavy (non-hydrogen) atoms. The van der Waals surface area contributed by atoms with Gasteiger partial charge in [0.05, 0.1) is 6.10 Å². The minimum Gasteiger partial charge on any atom is -0.398 e. The van der Waals surface area contributed by atoms with Gasteiger partial charge in [-0.05, 0) is 19.4 Å². The van der Waals surface area contributed by atoms with Crippen molar-refractivity contribution in [3.05, 3.63) is 28.7 Å². The van der Waals surface area contributed by atoms with Crippen LogP contribution in [-0.4, -0.2) is 41.2 Å². The van der Waals surface area contributed by atoms with Gasteiger partial charge in [-0.2, -0.15) is 0 Å². The number of pyridine rings is 1. The molecule has 1 atom stereocenters. The van der Waals surface area contributed by atoms with Crippen LogP contribution in [0.3, 0.4) is 0 Å². The lowest BCUT2D eigenvalue weighted by Gasteiger charge is -2.22. The average Bonchev–Trinajstić information content (AvgIpc) is 2.58. The number of hydrogen-bond donors (Lipinski definition) is 1. The summed E-state index contributed by atoms with van der Waals surface area (Å²) in [5.74, 6) is -0.0787. The number of nitrogen functional groups attached to an aromatic ring is 1. The zero-order valence-corrected chi connectivity index (χ0v) is 11.0. The Balaban J connectivity index is 2.07. The Labute approximate surface area is 111 Å². The van der Waals surface area contributed by atoms with Gasteiger partial charge in [0, 0.05) is 37.6 Å². The molecule has 0 saturated carbocycles. The van der Waals surface area contributed by atoms with Gasteiger partial charge < -0.3 is 19.9 Å². The Bertz CT molecular complexity index is 512. The second kappa shape index (κ2) is 5.88. The van der Waals surface area contributed by atoms with Gasteiger partial charge in [-0.15, -0.1) is 0 Å². The number of carbonyl (C=O) groups is 1. The molecule has 1 fully saturated rings. The predicted molar refractivity (Wildman–Crippen MR) is 71.7 cm³/mol. The Hall–Kier alpha value is -1.82. The molecule has 0 aromatic carbocycles. The number of nitrogens with two attached hydrogens (primary N) is 1. The number of carbonyl (C=O) groups excluding carboxylic acids is 1. The molecule has 1 aliphatic rings. The maximum Gasteiger partial charge on any atom is 0.251 e. The maximum atomic E-state index is 12.2. The lowest BCUT2D eigenvalue weighted by Crippen LogP contribution is -2.39. The van der Waals surface area contributed by atoms with Crippen molar-refractivity contribution < 1.29 is 9.53 Å². The molecule has 1 aromatic rings. The molecule has 6 nitrogen and oxygen atoms in total. The molecule has 1 unspecified atom stereocenters. The molecule has 2 heterocycles. The van der Waals surface area contributed by atoms with E-state index in [9.17, 15) is 9.59 Å². The summed E-state index contributed by atoms with van der Waals surface area (Å²) < 4.78 is 6.84. The van der Waals surface area contributed by atoms with E-state index in [4.69, 9.17) is 10.5 Å². The third kappa shape index (κ3) is 3.57. The normalized spacial score (nSPS) is 20.1. The first-order chi connectivity index (χ1) is 9.06. The van der Waals surface area contributed by atoms with Crippen LogP contribution in [0.25, 0.3) is 0 Å². The van der Waals surface area contributed by atoms with E-state index in [-0.39, 0.29) is 24.1 Å². The molecule has 1 saturated heterocycles. The van der Waals surface area contributed by atoms with E-state index in [1.807, 2.05) is 6.92 Å². The number of amides is 1. The summed E-state index contributed by atoms with van der Waals surface area (Å²) in [5.41, 5.74) is 5.88. The van der Waals surface area contributed by atoms with E-state index >= 15 is 0 Å². The molecule has 2 N–H and O–H groups in total. The summed E-state index contributed by atoms with van der Waals surface area (Å²) in [5, 5.41) is 0. The lowest BCUT2D eigenvalue weighted by molar-refractivity contribution is -0.132. The number of ether oxygens (including phenoxy) is 1. The van der Waals surface area contributed by atoms with Crippen molar-refractivity contribution in [1.82, 2.24) is 9.47 Å². The van der Waals surface area contributed by atoms with Crippen LogP contribution in [0, 0.1) is 0 Å². The quantitative estimate of drug-likeness (QED) is 0.820. The van der Waals surface area contributed by atoms with E-state index in [2.05, 4.69) is 0 Å². The van der Waals surface area contributed by atoms with Gasteiger partial charge in [-0.3, -0.25) is 9.59 Å². The highest BCUT2D eigenvalue weighted by atomic mass is 16.5. The maximum absolute atomic E-state index is 12.2. The van der Waals surface area contributed by atoms with E-state index in [0.29, 0.717) is 25.4 Å². The van der Waals surface area contributed by atoms with Crippen LogP contribution in [0.15, 0.2) is 23.1 Å². The van der Waals surface area contributed by atoms with Crippen LogP contribution in [-0.2, 0) is 16.1 Å². The fourth-order valence-corrected chi connectivity index (χ4v) is 2.14. The standard InChI is InChI=1S/C13H19N3O3/c1-10-7-15(5-2-6-19-10)13(18)9-16-8-11(14)3-4-12(16)17/h3-4,8,10H,2,5-7,9,14H2,1H3. The minimum atomic E-state index is -0.221. The summed E-state index contributed by atoms with van der Waals surface area (Å²) in [7, 11) is 0. The number of aromatic nitrogens is 1. The summed E-state index contributed by atoms with van der Waals surface area (Å²) in [6.07, 6.45) is 2.35. The Morgan fingerprint density at radius 2 is 2.32 bits per heavy atom. The van der Waals surface area contributed by atoms with Gasteiger partial charge in [0.1, 0.15) is 6.54 Å². The smallest absolute Gasteiger partial charge is 0.251 e. The monoisotopic (exact) mass is 265 g/mol. The predicted octanol–water partition coefficient (Wildman–Crippen LogP) is 0.0679. The van der Waals surface area contributed by atoms with Gasteiger partial charge in [0.15, 0.2) is 0 Å². The minimum absolute atomic E-state index is 0.0244. The summed E-state index contributed by atoms with van der Waals surface area (Å²) in [6.45, 7) is 3.87. The fraction of sp³-hybridized carbons (Fsp3) is 0.538. The molecule has 0 bridgehead atoms. The largest absolute Gasteiger partial charge is 0.398 e. The Morgan fingerprint density at radius 3 is 3.11 bits per heavy atom. The van der Waals surface area contributed by atoms with Crippen LogP contribution < -0.4 is 11.3 Å². The zero-order valence-electron chi connectivity index (χ0n) is 11.0. The molecule has 2 rings (SSSR count). The highest BCUT2D eigenvalue weighted by Gasteiger charge is 2.20. The summed E-state index contributed by atoms with van der Waals surface area (Å²) in [6, 6.07) is 2.90. The highest BCUT2D eigenvalue weighted by Crippen LogP contribution is 2.06. The van der Waals surface area contributed by atoms with Crippen molar-refractivity contribution in [2.45, 2.75) is 26.0 Å². The van der Waals surface area contributed by atoms with E-state index in [1.54, 1.807) is 4.90 Å². The number of rotatable bonds is 2. The first-order valence-electron chi connectivity index (χ1n) is 6.41. The Morgan fingerprint density at radius 1 is 1.53 bits per heavy atom. The first kappa shape index (κ1) is 13.6. The van der Waals surface area contributed by atoms with Crippen molar-refractivity contribution >= 4 is 11.6 Å². The van der Waals surface area contributed by atoms with Crippen LogP contribution in [0.1, 0.15) is 13.3 Å². The van der Waals surface area contributed by atoms with Crippen molar-refractivity contribution in [3.8, 4) is 0 Å². The zero-order chi connectivity index (χ0) is 13.8. The number of nitrogens with zero attached hydrogens (tertiary/aromatic N) is 2. The van der Waals surface area contributed by atoms with E-state index in [1.165, 1.54) is 22.9 Å². The SMILES string of the molecule is CC1CN(C(=O)Cn2cc(N)ccc2=O)CCCO1. The highest BCUT2D eigenvalue weighted by molar-refractivity contribution is 5.76.